The third kappa shape index (κ3) is 1.95. The summed E-state index contributed by atoms with van der Waals surface area (Å²) in [6.07, 6.45) is -0.902. The van der Waals surface area contributed by atoms with Crippen LogP contribution in [0.3, 0.4) is 0 Å². The molecule has 1 unspecified atom stereocenters. The highest BCUT2D eigenvalue weighted by molar-refractivity contribution is 5.87. The highest BCUT2D eigenvalue weighted by Crippen LogP contribution is 2.39. The van der Waals surface area contributed by atoms with E-state index in [-0.39, 0.29) is 19.0 Å². The number of esters is 1. The Morgan fingerprint density at radius 3 is 2.75 bits per heavy atom. The summed E-state index contributed by atoms with van der Waals surface area (Å²) in [4.78, 5) is 29.9. The molecule has 3 aliphatic rings. The highest BCUT2D eigenvalue weighted by atomic mass is 16.7. The number of hydrogen-bond acceptors (Lipinski definition) is 7. The molecule has 6 rings (SSSR count). The van der Waals surface area contributed by atoms with Crippen molar-refractivity contribution in [3.05, 3.63) is 51.3 Å². The minimum atomic E-state index is -0.902. The van der Waals surface area contributed by atoms with Crippen molar-refractivity contribution in [2.75, 3.05) is 13.9 Å². The van der Waals surface area contributed by atoms with Gasteiger partial charge in [-0.3, -0.25) is 4.79 Å². The van der Waals surface area contributed by atoms with Gasteiger partial charge in [0.05, 0.1) is 29.0 Å². The second-order valence-corrected chi connectivity index (χ2v) is 6.97. The number of pyridine rings is 2. The molecule has 0 fully saturated rings. The number of carbonyl (C=O) groups excluding carboxylic acids is 1. The fraction of sp³-hybridized carbons (Fsp3) is 0.250. The van der Waals surface area contributed by atoms with Crippen LogP contribution in [0.25, 0.3) is 22.3 Å². The zero-order valence-corrected chi connectivity index (χ0v) is 14.9. The maximum absolute atomic E-state index is 13.0. The standard InChI is InChI=1S/C20H14N2O6/c1-25-18-11-4-14-17-10(6-22(14)19(23)12(11)7-26-20(18)24)2-9-3-15-16(28-8-27-15)5-13(9)21-17/h2-5,18H,6-8H2,1H3. The van der Waals surface area contributed by atoms with Crippen LogP contribution in [0.15, 0.2) is 29.1 Å². The van der Waals surface area contributed by atoms with E-state index < -0.39 is 12.1 Å². The number of aromatic nitrogens is 2. The summed E-state index contributed by atoms with van der Waals surface area (Å²) in [7, 11) is 1.42. The van der Waals surface area contributed by atoms with E-state index in [9.17, 15) is 9.59 Å². The molecule has 0 spiro atoms. The first-order valence-corrected chi connectivity index (χ1v) is 8.84. The van der Waals surface area contributed by atoms with Gasteiger partial charge >= 0.3 is 5.97 Å². The van der Waals surface area contributed by atoms with Crippen LogP contribution in [0.2, 0.25) is 0 Å². The first kappa shape index (κ1) is 15.6. The lowest BCUT2D eigenvalue weighted by Gasteiger charge is -2.24. The lowest BCUT2D eigenvalue weighted by Crippen LogP contribution is -2.33. The molecule has 1 aromatic carbocycles. The minimum absolute atomic E-state index is 0.0414. The largest absolute Gasteiger partial charge is 0.458 e. The summed E-state index contributed by atoms with van der Waals surface area (Å²) in [6.45, 7) is 0.574. The van der Waals surface area contributed by atoms with E-state index in [1.165, 1.54) is 7.11 Å². The average molecular weight is 378 g/mol. The van der Waals surface area contributed by atoms with Crippen LogP contribution < -0.4 is 15.0 Å². The minimum Gasteiger partial charge on any atom is -0.458 e. The maximum Gasteiger partial charge on any atom is 0.340 e. The van der Waals surface area contributed by atoms with Crippen LogP contribution in [0.1, 0.15) is 22.8 Å². The summed E-state index contributed by atoms with van der Waals surface area (Å²) in [5.74, 6) is 0.857. The normalized spacial score (nSPS) is 18.6. The summed E-state index contributed by atoms with van der Waals surface area (Å²) in [5, 5.41) is 0.918. The molecule has 0 aliphatic carbocycles. The Morgan fingerprint density at radius 1 is 1.11 bits per heavy atom. The topological polar surface area (TPSA) is 88.9 Å². The number of nitrogens with zero attached hydrogens (tertiary/aromatic N) is 2. The lowest BCUT2D eigenvalue weighted by atomic mass is 10.00. The van der Waals surface area contributed by atoms with Crippen molar-refractivity contribution in [2.45, 2.75) is 19.3 Å². The van der Waals surface area contributed by atoms with Gasteiger partial charge in [-0.2, -0.15) is 0 Å². The molecule has 0 saturated carbocycles. The predicted molar refractivity (Wildman–Crippen MR) is 96.2 cm³/mol. The Hall–Kier alpha value is -3.39. The van der Waals surface area contributed by atoms with Gasteiger partial charge in [0.25, 0.3) is 5.56 Å². The smallest absolute Gasteiger partial charge is 0.340 e. The number of rotatable bonds is 1. The first-order chi connectivity index (χ1) is 13.6. The van der Waals surface area contributed by atoms with Crippen molar-refractivity contribution in [2.24, 2.45) is 0 Å². The lowest BCUT2D eigenvalue weighted by molar-refractivity contribution is -0.159. The van der Waals surface area contributed by atoms with E-state index in [0.717, 1.165) is 22.2 Å². The van der Waals surface area contributed by atoms with E-state index in [1.54, 1.807) is 4.57 Å². The van der Waals surface area contributed by atoms with Gasteiger partial charge in [0.2, 0.25) is 6.79 Å². The molecule has 5 heterocycles. The SMILES string of the molecule is COC1C(=O)OCc2c1cc1n(c2=O)Cc2cc3cc4c(cc3nc2-1)OCO4. The van der Waals surface area contributed by atoms with Crippen LogP contribution in [0.4, 0.5) is 0 Å². The monoisotopic (exact) mass is 378 g/mol. The first-order valence-electron chi connectivity index (χ1n) is 8.84. The molecule has 8 heteroatoms. The van der Waals surface area contributed by atoms with Crippen LogP contribution in [0, 0.1) is 0 Å². The molecule has 2 aromatic heterocycles. The maximum atomic E-state index is 13.0. The molecule has 28 heavy (non-hydrogen) atoms. The summed E-state index contributed by atoms with van der Waals surface area (Å²) in [5.41, 5.74) is 3.91. The molecule has 0 bridgehead atoms. The molecule has 8 nitrogen and oxygen atoms in total. The molecule has 3 aromatic rings. The van der Waals surface area contributed by atoms with Gasteiger partial charge in [-0.1, -0.05) is 0 Å². The van der Waals surface area contributed by atoms with E-state index in [0.29, 0.717) is 34.9 Å². The molecule has 0 N–H and O–H groups in total. The molecule has 3 aliphatic heterocycles. The van der Waals surface area contributed by atoms with Crippen LogP contribution in [-0.4, -0.2) is 29.4 Å². The Morgan fingerprint density at radius 2 is 1.93 bits per heavy atom. The van der Waals surface area contributed by atoms with Gasteiger partial charge < -0.3 is 23.5 Å². The van der Waals surface area contributed by atoms with Gasteiger partial charge in [0, 0.05) is 29.7 Å². The number of hydrogen-bond donors (Lipinski definition) is 0. The number of methoxy groups -OCH3 is 1. The number of carbonyl (C=O) groups is 1. The van der Waals surface area contributed by atoms with Crippen molar-refractivity contribution in [3.8, 4) is 22.9 Å². The third-order valence-corrected chi connectivity index (χ3v) is 5.48. The number of fused-ring (bicyclic) bond motifs is 6. The van der Waals surface area contributed by atoms with Crippen molar-refractivity contribution in [3.63, 3.8) is 0 Å². The van der Waals surface area contributed by atoms with Crippen molar-refractivity contribution in [1.29, 1.82) is 0 Å². The van der Waals surface area contributed by atoms with Crippen molar-refractivity contribution >= 4 is 16.9 Å². The van der Waals surface area contributed by atoms with Crippen LogP contribution in [0.5, 0.6) is 11.5 Å². The number of ether oxygens (including phenoxy) is 4. The summed E-state index contributed by atoms with van der Waals surface area (Å²) < 4.78 is 22.9. The van der Waals surface area contributed by atoms with Gasteiger partial charge in [-0.25, -0.2) is 9.78 Å². The zero-order chi connectivity index (χ0) is 19.0. The Kier molecular flexibility index (Phi) is 2.98. The van der Waals surface area contributed by atoms with Gasteiger partial charge in [-0.05, 0) is 18.2 Å². The van der Waals surface area contributed by atoms with Crippen LogP contribution >= 0.6 is 0 Å². The van der Waals surface area contributed by atoms with Crippen molar-refractivity contribution in [1.82, 2.24) is 9.55 Å². The van der Waals surface area contributed by atoms with Crippen LogP contribution in [-0.2, 0) is 27.4 Å². The van der Waals surface area contributed by atoms with E-state index >= 15 is 0 Å². The number of cyclic esters (lactones) is 1. The molecular formula is C20H14N2O6. The Balaban J connectivity index is 1.59. The van der Waals surface area contributed by atoms with Crippen molar-refractivity contribution < 1.29 is 23.7 Å². The molecule has 0 radical (unpaired) electrons. The predicted octanol–water partition coefficient (Wildman–Crippen LogP) is 1.90. The summed E-state index contributed by atoms with van der Waals surface area (Å²) in [6, 6.07) is 7.57. The Bertz CT molecular complexity index is 1260. The van der Waals surface area contributed by atoms with Gasteiger partial charge in [0.1, 0.15) is 6.61 Å². The highest BCUT2D eigenvalue weighted by Gasteiger charge is 2.35. The summed E-state index contributed by atoms with van der Waals surface area (Å²) >= 11 is 0. The molecule has 0 amide bonds. The quantitative estimate of drug-likeness (QED) is 0.467. The fourth-order valence-electron chi connectivity index (χ4n) is 4.13. The van der Waals surface area contributed by atoms with Gasteiger partial charge in [-0.15, -0.1) is 0 Å². The van der Waals surface area contributed by atoms with Gasteiger partial charge in [0.15, 0.2) is 17.6 Å². The van der Waals surface area contributed by atoms with E-state index in [2.05, 4.69) is 0 Å². The van der Waals surface area contributed by atoms with E-state index in [1.807, 2.05) is 24.3 Å². The molecular weight excluding hydrogens is 364 g/mol. The third-order valence-electron chi connectivity index (χ3n) is 5.48. The molecule has 0 saturated heterocycles. The zero-order valence-electron chi connectivity index (χ0n) is 14.9. The second kappa shape index (κ2) is 5.32. The second-order valence-electron chi connectivity index (χ2n) is 6.97. The molecule has 1 atom stereocenters. The van der Waals surface area contributed by atoms with E-state index in [4.69, 9.17) is 23.9 Å². The number of benzene rings is 1. The fourth-order valence-corrected chi connectivity index (χ4v) is 4.13. The Labute approximate surface area is 158 Å². The molecule has 140 valence electrons. The average Bonchev–Trinajstić information content (AvgIpc) is 3.28.